The first kappa shape index (κ1) is 12.2. The van der Waals surface area contributed by atoms with E-state index in [4.69, 9.17) is 0 Å². The second kappa shape index (κ2) is 4.07. The zero-order valence-electron chi connectivity index (χ0n) is 10.3. The zero-order chi connectivity index (χ0) is 12.8. The Hall–Kier alpha value is -0.870. The fraction of sp³-hybridized carbons (Fsp3) is 0.571. The summed E-state index contributed by atoms with van der Waals surface area (Å²) in [6.45, 7) is 0. The summed E-state index contributed by atoms with van der Waals surface area (Å²) in [5.74, 6) is 0.567. The molecule has 4 heteroatoms. The van der Waals surface area contributed by atoms with Gasteiger partial charge in [0.1, 0.15) is 5.60 Å². The molecule has 18 heavy (non-hydrogen) atoms. The lowest BCUT2D eigenvalue weighted by atomic mass is 9.78. The lowest BCUT2D eigenvalue weighted by molar-refractivity contribution is 0.0651. The first-order valence-corrected chi connectivity index (χ1v) is 8.34. The average Bonchev–Trinajstić information content (AvgIpc) is 2.52. The molecule has 0 bridgehead atoms. The molecule has 0 spiro atoms. The number of sulfone groups is 1. The molecule has 1 unspecified atom stereocenters. The predicted molar refractivity (Wildman–Crippen MR) is 70.2 cm³/mol. The molecule has 1 saturated heterocycles. The van der Waals surface area contributed by atoms with Crippen molar-refractivity contribution in [3.8, 4) is 0 Å². The number of aliphatic hydroxyl groups is 1. The third-order valence-corrected chi connectivity index (χ3v) is 6.03. The predicted octanol–water partition coefficient (Wildman–Crippen LogP) is 1.96. The molecule has 1 aromatic rings. The molecule has 2 fully saturated rings. The highest BCUT2D eigenvalue weighted by atomic mass is 32.2. The summed E-state index contributed by atoms with van der Waals surface area (Å²) in [7, 11) is -3.08. The van der Waals surface area contributed by atoms with Crippen LogP contribution >= 0.6 is 0 Å². The molecular formula is C14H18O3S. The smallest absolute Gasteiger partial charge is 0.153 e. The van der Waals surface area contributed by atoms with Crippen LogP contribution in [0.5, 0.6) is 0 Å². The van der Waals surface area contributed by atoms with E-state index in [-0.39, 0.29) is 11.5 Å². The van der Waals surface area contributed by atoms with Gasteiger partial charge in [0.25, 0.3) is 0 Å². The van der Waals surface area contributed by atoms with E-state index in [1.54, 1.807) is 0 Å². The van der Waals surface area contributed by atoms with Crippen LogP contribution in [0, 0.1) is 0 Å². The molecule has 1 atom stereocenters. The maximum Gasteiger partial charge on any atom is 0.153 e. The van der Waals surface area contributed by atoms with Crippen LogP contribution in [0.15, 0.2) is 24.3 Å². The van der Waals surface area contributed by atoms with Crippen molar-refractivity contribution < 1.29 is 13.5 Å². The van der Waals surface area contributed by atoms with E-state index in [0.717, 1.165) is 5.56 Å². The van der Waals surface area contributed by atoms with Gasteiger partial charge in [-0.3, -0.25) is 0 Å². The third kappa shape index (κ3) is 2.08. The molecule has 1 aromatic carbocycles. The molecule has 0 amide bonds. The van der Waals surface area contributed by atoms with E-state index >= 15 is 0 Å². The summed E-state index contributed by atoms with van der Waals surface area (Å²) in [6, 6.07) is 7.87. The Morgan fingerprint density at radius 2 is 2.06 bits per heavy atom. The normalized spacial score (nSPS) is 31.2. The Morgan fingerprint density at radius 3 is 2.61 bits per heavy atom. The molecule has 1 heterocycles. The minimum absolute atomic E-state index is 0.0944. The fourth-order valence-electron chi connectivity index (χ4n) is 2.88. The van der Waals surface area contributed by atoms with Crippen LogP contribution in [-0.2, 0) is 15.4 Å². The van der Waals surface area contributed by atoms with Crippen LogP contribution in [0.2, 0.25) is 0 Å². The highest BCUT2D eigenvalue weighted by Crippen LogP contribution is 2.39. The topological polar surface area (TPSA) is 54.4 Å². The highest BCUT2D eigenvalue weighted by Gasteiger charge is 2.42. The minimum atomic E-state index is -3.08. The molecule has 1 N–H and O–H groups in total. The van der Waals surface area contributed by atoms with Crippen molar-refractivity contribution in [1.82, 2.24) is 0 Å². The molecule has 0 aromatic heterocycles. The number of benzene rings is 1. The van der Waals surface area contributed by atoms with Crippen LogP contribution in [0.25, 0.3) is 0 Å². The van der Waals surface area contributed by atoms with Crippen molar-refractivity contribution in [3.63, 3.8) is 0 Å². The van der Waals surface area contributed by atoms with E-state index in [2.05, 4.69) is 6.07 Å². The Bertz CT molecular complexity index is 560. The van der Waals surface area contributed by atoms with Crippen LogP contribution in [0.4, 0.5) is 0 Å². The van der Waals surface area contributed by atoms with Gasteiger partial charge in [-0.1, -0.05) is 30.7 Å². The van der Waals surface area contributed by atoms with Gasteiger partial charge in [0.2, 0.25) is 0 Å². The van der Waals surface area contributed by atoms with E-state index in [1.807, 2.05) is 18.2 Å². The summed E-state index contributed by atoms with van der Waals surface area (Å²) in [4.78, 5) is 0. The molecule has 98 valence electrons. The first-order chi connectivity index (χ1) is 8.49. The maximum atomic E-state index is 11.5. The van der Waals surface area contributed by atoms with Crippen LogP contribution in [-0.4, -0.2) is 25.0 Å². The second-order valence-corrected chi connectivity index (χ2v) is 7.81. The molecule has 1 saturated carbocycles. The maximum absolute atomic E-state index is 11.5. The summed E-state index contributed by atoms with van der Waals surface area (Å²) in [5.41, 5.74) is 0.850. The summed E-state index contributed by atoms with van der Waals surface area (Å²) in [5, 5.41) is 10.5. The van der Waals surface area contributed by atoms with Crippen molar-refractivity contribution in [2.24, 2.45) is 0 Å². The third-order valence-electron chi connectivity index (χ3n) is 4.29. The number of hydrogen-bond acceptors (Lipinski definition) is 3. The Morgan fingerprint density at radius 1 is 1.28 bits per heavy atom. The van der Waals surface area contributed by atoms with E-state index < -0.39 is 15.4 Å². The molecule has 0 radical (unpaired) electrons. The summed E-state index contributed by atoms with van der Waals surface area (Å²) >= 11 is 0. The van der Waals surface area contributed by atoms with E-state index in [0.29, 0.717) is 12.3 Å². The van der Waals surface area contributed by atoms with Gasteiger partial charge in [-0.2, -0.15) is 0 Å². The van der Waals surface area contributed by atoms with Crippen molar-refractivity contribution in [2.75, 3.05) is 11.5 Å². The fourth-order valence-corrected chi connectivity index (χ4v) is 4.72. The lowest BCUT2D eigenvalue weighted by Gasteiger charge is -2.28. The van der Waals surface area contributed by atoms with Gasteiger partial charge in [-0.15, -0.1) is 0 Å². The molecule has 2 aliphatic rings. The second-order valence-electron chi connectivity index (χ2n) is 5.63. The average molecular weight is 266 g/mol. The van der Waals surface area contributed by atoms with Gasteiger partial charge in [0, 0.05) is 0 Å². The number of rotatable bonds is 2. The van der Waals surface area contributed by atoms with Gasteiger partial charge in [-0.05, 0) is 36.3 Å². The Labute approximate surface area is 108 Å². The van der Waals surface area contributed by atoms with Gasteiger partial charge in [0.15, 0.2) is 9.84 Å². The quantitative estimate of drug-likeness (QED) is 0.890. The summed E-state index contributed by atoms with van der Waals surface area (Å²) < 4.78 is 23.1. The molecule has 1 aliphatic carbocycles. The number of hydrogen-bond donors (Lipinski definition) is 1. The SMILES string of the molecule is O=S1(=O)CCC(O)(c2cccc(C3CCC3)c2)C1. The Balaban J connectivity index is 1.92. The first-order valence-electron chi connectivity index (χ1n) is 6.52. The van der Waals surface area contributed by atoms with Crippen molar-refractivity contribution >= 4 is 9.84 Å². The van der Waals surface area contributed by atoms with Crippen molar-refractivity contribution in [2.45, 2.75) is 37.2 Å². The molecular weight excluding hydrogens is 248 g/mol. The largest absolute Gasteiger partial charge is 0.384 e. The van der Waals surface area contributed by atoms with Crippen LogP contribution < -0.4 is 0 Å². The highest BCUT2D eigenvalue weighted by molar-refractivity contribution is 7.91. The van der Waals surface area contributed by atoms with Crippen LogP contribution in [0.3, 0.4) is 0 Å². The molecule has 3 nitrogen and oxygen atoms in total. The minimum Gasteiger partial charge on any atom is -0.384 e. The standard InChI is InChI=1S/C14H18O3S/c15-14(7-8-18(16,17)10-14)13-6-2-5-12(9-13)11-3-1-4-11/h2,5-6,9,11,15H,1,3-4,7-8,10H2. The Kier molecular flexibility index (Phi) is 2.75. The van der Waals surface area contributed by atoms with E-state index in [1.165, 1.54) is 24.8 Å². The summed E-state index contributed by atoms with van der Waals surface area (Å²) in [6.07, 6.45) is 4.01. The van der Waals surface area contributed by atoms with Gasteiger partial charge < -0.3 is 5.11 Å². The monoisotopic (exact) mass is 266 g/mol. The molecule has 3 rings (SSSR count). The van der Waals surface area contributed by atoms with Gasteiger partial charge in [0.05, 0.1) is 11.5 Å². The van der Waals surface area contributed by atoms with Crippen molar-refractivity contribution in [3.05, 3.63) is 35.4 Å². The van der Waals surface area contributed by atoms with Crippen molar-refractivity contribution in [1.29, 1.82) is 0 Å². The van der Waals surface area contributed by atoms with Crippen LogP contribution in [0.1, 0.15) is 42.7 Å². The van der Waals surface area contributed by atoms with E-state index in [9.17, 15) is 13.5 Å². The van der Waals surface area contributed by atoms with Gasteiger partial charge >= 0.3 is 0 Å². The van der Waals surface area contributed by atoms with Gasteiger partial charge in [-0.25, -0.2) is 8.42 Å². The molecule has 1 aliphatic heterocycles. The lowest BCUT2D eigenvalue weighted by Crippen LogP contribution is -2.27. The zero-order valence-corrected chi connectivity index (χ0v) is 11.1.